The highest BCUT2D eigenvalue weighted by atomic mass is 35.5. The van der Waals surface area contributed by atoms with Gasteiger partial charge in [-0.15, -0.1) is 0 Å². The third-order valence-corrected chi connectivity index (χ3v) is 4.33. The Balaban J connectivity index is 2.38. The van der Waals surface area contributed by atoms with E-state index in [1.54, 1.807) is 12.1 Å². The Kier molecular flexibility index (Phi) is 4.11. The Labute approximate surface area is 122 Å². The van der Waals surface area contributed by atoms with E-state index in [1.807, 2.05) is 6.92 Å². The first-order valence-corrected chi connectivity index (χ1v) is 7.63. The van der Waals surface area contributed by atoms with Gasteiger partial charge >= 0.3 is 0 Å². The molecule has 0 unspecified atom stereocenters. The maximum atomic E-state index is 12.2. The Bertz CT molecular complexity index is 740. The summed E-state index contributed by atoms with van der Waals surface area (Å²) < 4.78 is 26.8. The topological polar surface area (TPSA) is 63.2 Å². The van der Waals surface area contributed by atoms with Crippen molar-refractivity contribution in [2.75, 3.05) is 4.72 Å². The zero-order valence-electron chi connectivity index (χ0n) is 10.6. The number of halogens is 1. The minimum Gasteiger partial charge on any atom is -0.298 e. The molecule has 0 aliphatic carbocycles. The molecule has 0 amide bonds. The highest BCUT2D eigenvalue weighted by molar-refractivity contribution is 7.92. The Morgan fingerprint density at radius 3 is 2.35 bits per heavy atom. The van der Waals surface area contributed by atoms with Gasteiger partial charge in [-0.3, -0.25) is 9.52 Å². The van der Waals surface area contributed by atoms with Crippen LogP contribution in [0.4, 0.5) is 5.69 Å². The summed E-state index contributed by atoms with van der Waals surface area (Å²) in [5.41, 5.74) is 1.35. The minimum atomic E-state index is -3.73. The molecule has 0 fully saturated rings. The summed E-state index contributed by atoms with van der Waals surface area (Å²) in [6, 6.07) is 10.8. The van der Waals surface area contributed by atoms with E-state index in [0.29, 0.717) is 11.3 Å². The number of hydrogen-bond donors (Lipinski definition) is 1. The number of aryl methyl sites for hydroxylation is 1. The molecule has 2 aromatic rings. The van der Waals surface area contributed by atoms with Gasteiger partial charge in [0.05, 0.1) is 10.6 Å². The fraction of sp³-hybridized carbons (Fsp3) is 0.0714. The summed E-state index contributed by atoms with van der Waals surface area (Å²) >= 11 is 5.77. The zero-order valence-corrected chi connectivity index (χ0v) is 12.2. The number of aldehydes is 1. The van der Waals surface area contributed by atoms with Gasteiger partial charge in [-0.25, -0.2) is 8.42 Å². The molecule has 0 aliphatic rings. The molecule has 0 radical (unpaired) electrons. The average molecular weight is 310 g/mol. The molecular weight excluding hydrogens is 298 g/mol. The van der Waals surface area contributed by atoms with Gasteiger partial charge in [0.25, 0.3) is 10.0 Å². The van der Waals surface area contributed by atoms with E-state index in [9.17, 15) is 13.2 Å². The average Bonchev–Trinajstić information content (AvgIpc) is 2.41. The zero-order chi connectivity index (χ0) is 14.8. The van der Waals surface area contributed by atoms with Crippen molar-refractivity contribution in [1.29, 1.82) is 0 Å². The molecule has 4 nitrogen and oxygen atoms in total. The largest absolute Gasteiger partial charge is 0.298 e. The lowest BCUT2D eigenvalue weighted by Crippen LogP contribution is -2.14. The fourth-order valence-electron chi connectivity index (χ4n) is 1.65. The molecule has 2 aromatic carbocycles. The van der Waals surface area contributed by atoms with Crippen molar-refractivity contribution in [2.24, 2.45) is 0 Å². The Morgan fingerprint density at radius 2 is 1.75 bits per heavy atom. The molecule has 0 atom stereocenters. The van der Waals surface area contributed by atoms with Gasteiger partial charge < -0.3 is 0 Å². The lowest BCUT2D eigenvalue weighted by atomic mass is 10.2. The van der Waals surface area contributed by atoms with Crippen molar-refractivity contribution < 1.29 is 13.2 Å². The van der Waals surface area contributed by atoms with Crippen LogP contribution < -0.4 is 4.72 Å². The molecule has 6 heteroatoms. The van der Waals surface area contributed by atoms with Gasteiger partial charge in [-0.05, 0) is 37.3 Å². The molecule has 1 N–H and O–H groups in total. The van der Waals surface area contributed by atoms with Crippen LogP contribution in [0.3, 0.4) is 0 Å². The van der Waals surface area contributed by atoms with Crippen LogP contribution in [-0.2, 0) is 10.0 Å². The molecule has 0 saturated heterocycles. The van der Waals surface area contributed by atoms with Crippen molar-refractivity contribution in [2.45, 2.75) is 11.8 Å². The predicted molar refractivity (Wildman–Crippen MR) is 78.8 cm³/mol. The molecule has 104 valence electrons. The summed E-state index contributed by atoms with van der Waals surface area (Å²) in [4.78, 5) is 11.1. The van der Waals surface area contributed by atoms with Crippen LogP contribution in [0.2, 0.25) is 5.02 Å². The molecule has 0 aromatic heterocycles. The van der Waals surface area contributed by atoms with Crippen LogP contribution in [-0.4, -0.2) is 14.7 Å². The highest BCUT2D eigenvalue weighted by Crippen LogP contribution is 2.22. The summed E-state index contributed by atoms with van der Waals surface area (Å²) in [7, 11) is -3.73. The molecule has 20 heavy (non-hydrogen) atoms. The molecule has 2 rings (SSSR count). The minimum absolute atomic E-state index is 0.134. The number of carbonyl (C=O) groups excluding carboxylic acids is 1. The molecular formula is C14H12ClNO3S. The highest BCUT2D eigenvalue weighted by Gasteiger charge is 2.15. The Morgan fingerprint density at radius 1 is 1.10 bits per heavy atom. The summed E-state index contributed by atoms with van der Waals surface area (Å²) in [6.07, 6.45) is 0.554. The SMILES string of the molecule is Cc1ccc(S(=O)(=O)Nc2ccc(Cl)cc2C=O)cc1. The van der Waals surface area contributed by atoms with E-state index in [0.717, 1.165) is 5.56 Å². The quantitative estimate of drug-likeness (QED) is 0.882. The van der Waals surface area contributed by atoms with Gasteiger partial charge in [0, 0.05) is 10.6 Å². The molecule has 0 aliphatic heterocycles. The predicted octanol–water partition coefficient (Wildman–Crippen LogP) is 3.26. The van der Waals surface area contributed by atoms with Crippen LogP contribution >= 0.6 is 11.6 Å². The smallest absolute Gasteiger partial charge is 0.261 e. The first-order valence-electron chi connectivity index (χ1n) is 5.76. The summed E-state index contributed by atoms with van der Waals surface area (Å²) in [6.45, 7) is 1.87. The van der Waals surface area contributed by atoms with E-state index < -0.39 is 10.0 Å². The van der Waals surface area contributed by atoms with E-state index in [1.165, 1.54) is 30.3 Å². The van der Waals surface area contributed by atoms with E-state index in [2.05, 4.69) is 4.72 Å². The number of anilines is 1. The summed E-state index contributed by atoms with van der Waals surface area (Å²) in [5, 5.41) is 0.366. The number of rotatable bonds is 4. The third-order valence-electron chi connectivity index (χ3n) is 2.72. The first-order chi connectivity index (χ1) is 9.42. The van der Waals surface area contributed by atoms with Gasteiger partial charge in [-0.1, -0.05) is 29.3 Å². The van der Waals surface area contributed by atoms with Crippen LogP contribution in [0.1, 0.15) is 15.9 Å². The normalized spacial score (nSPS) is 11.1. The molecule has 0 heterocycles. The first kappa shape index (κ1) is 14.6. The fourth-order valence-corrected chi connectivity index (χ4v) is 2.91. The number of nitrogens with one attached hydrogen (secondary N) is 1. The molecule has 0 spiro atoms. The van der Waals surface area contributed by atoms with Gasteiger partial charge in [0.2, 0.25) is 0 Å². The second-order valence-electron chi connectivity index (χ2n) is 4.27. The van der Waals surface area contributed by atoms with E-state index >= 15 is 0 Å². The van der Waals surface area contributed by atoms with Crippen LogP contribution in [0.15, 0.2) is 47.4 Å². The summed E-state index contributed by atoms with van der Waals surface area (Å²) in [5.74, 6) is 0. The number of carbonyl (C=O) groups is 1. The number of hydrogen-bond acceptors (Lipinski definition) is 3. The van der Waals surface area contributed by atoms with Gasteiger partial charge in [0.1, 0.15) is 0 Å². The van der Waals surface area contributed by atoms with Crippen LogP contribution in [0.25, 0.3) is 0 Å². The maximum absolute atomic E-state index is 12.2. The van der Waals surface area contributed by atoms with Crippen molar-refractivity contribution in [3.8, 4) is 0 Å². The van der Waals surface area contributed by atoms with E-state index in [-0.39, 0.29) is 16.1 Å². The molecule has 0 saturated carbocycles. The van der Waals surface area contributed by atoms with E-state index in [4.69, 9.17) is 11.6 Å². The van der Waals surface area contributed by atoms with Crippen molar-refractivity contribution in [1.82, 2.24) is 0 Å². The Hall–Kier alpha value is -1.85. The van der Waals surface area contributed by atoms with Crippen LogP contribution in [0, 0.1) is 6.92 Å². The lowest BCUT2D eigenvalue weighted by molar-refractivity contribution is 0.112. The second-order valence-corrected chi connectivity index (χ2v) is 6.39. The third kappa shape index (κ3) is 3.18. The van der Waals surface area contributed by atoms with Crippen molar-refractivity contribution in [3.05, 3.63) is 58.6 Å². The lowest BCUT2D eigenvalue weighted by Gasteiger charge is -2.10. The monoisotopic (exact) mass is 309 g/mol. The van der Waals surface area contributed by atoms with Gasteiger partial charge in [0.15, 0.2) is 6.29 Å². The van der Waals surface area contributed by atoms with Crippen molar-refractivity contribution in [3.63, 3.8) is 0 Å². The second kappa shape index (κ2) is 5.64. The molecule has 0 bridgehead atoms. The maximum Gasteiger partial charge on any atom is 0.261 e. The van der Waals surface area contributed by atoms with Crippen molar-refractivity contribution >= 4 is 33.6 Å². The van der Waals surface area contributed by atoms with Gasteiger partial charge in [-0.2, -0.15) is 0 Å². The standard InChI is InChI=1S/C14H12ClNO3S/c1-10-2-5-13(6-3-10)20(18,19)16-14-7-4-12(15)8-11(14)9-17/h2-9,16H,1H3. The van der Waals surface area contributed by atoms with Crippen LogP contribution in [0.5, 0.6) is 0 Å². The number of benzene rings is 2. The number of sulfonamides is 1.